The minimum atomic E-state index is -0.275. The van der Waals surface area contributed by atoms with Crippen LogP contribution in [0.25, 0.3) is 0 Å². The van der Waals surface area contributed by atoms with Gasteiger partial charge in [0.1, 0.15) is 5.78 Å². The molecule has 3 rings (SSSR count). The molecule has 1 aliphatic heterocycles. The van der Waals surface area contributed by atoms with E-state index in [0.717, 1.165) is 25.7 Å². The van der Waals surface area contributed by atoms with Crippen molar-refractivity contribution >= 4 is 23.5 Å². The average molecular weight is 581 g/mol. The summed E-state index contributed by atoms with van der Waals surface area (Å²) >= 11 is 0. The maximum atomic E-state index is 12.1. The molecular weight excluding hydrogens is 528 g/mol. The van der Waals surface area contributed by atoms with Crippen molar-refractivity contribution in [3.63, 3.8) is 0 Å². The molecule has 1 aliphatic carbocycles. The third-order valence-electron chi connectivity index (χ3n) is 7.11. The summed E-state index contributed by atoms with van der Waals surface area (Å²) in [5, 5.41) is 5.83. The normalized spacial score (nSPS) is 20.3. The molecule has 1 atom stereocenters. The zero-order chi connectivity index (χ0) is 29.9. The van der Waals surface area contributed by atoms with Crippen molar-refractivity contribution in [3.8, 4) is 0 Å². The Hall–Kier alpha value is -2.89. The number of aromatic nitrogens is 1. The Bertz CT molecular complexity index is 892. The summed E-state index contributed by atoms with van der Waals surface area (Å²) in [6, 6.07) is 5.87. The largest absolute Gasteiger partial charge is 0.379 e. The zero-order valence-corrected chi connectivity index (χ0v) is 24.8. The Morgan fingerprint density at radius 1 is 0.927 bits per heavy atom. The molecule has 41 heavy (non-hydrogen) atoms. The van der Waals surface area contributed by atoms with E-state index in [2.05, 4.69) is 15.6 Å². The summed E-state index contributed by atoms with van der Waals surface area (Å²) in [6.45, 7) is 7.13. The number of rotatable bonds is 16. The predicted octanol–water partition coefficient (Wildman–Crippen LogP) is 2.49. The van der Waals surface area contributed by atoms with Gasteiger partial charge >= 0.3 is 0 Å². The summed E-state index contributed by atoms with van der Waals surface area (Å²) in [5.41, 5.74) is 0. The Morgan fingerprint density at radius 2 is 1.54 bits per heavy atom. The van der Waals surface area contributed by atoms with Crippen LogP contribution in [0.15, 0.2) is 30.6 Å². The SMILES string of the molecule is CC(C)C(=O)C1CCC(NC(=O)CCOCCOCCOCCNC(=O)[C@H]2CC(=O)N(C)C2)CC1.[HH].[HH].c1ccncc1. The van der Waals surface area contributed by atoms with E-state index < -0.39 is 0 Å². The number of ether oxygens (including phenoxy) is 3. The number of nitrogens with zero attached hydrogens (tertiary/aromatic N) is 2. The number of carbonyl (C=O) groups excluding carboxylic acids is 4. The van der Waals surface area contributed by atoms with Crippen LogP contribution in [0.3, 0.4) is 0 Å². The highest BCUT2D eigenvalue weighted by molar-refractivity contribution is 5.89. The number of likely N-dealkylation sites (tertiary alicyclic amines) is 1. The van der Waals surface area contributed by atoms with Gasteiger partial charge in [-0.05, 0) is 37.8 Å². The van der Waals surface area contributed by atoms with E-state index in [-0.39, 0.29) is 50.8 Å². The lowest BCUT2D eigenvalue weighted by Crippen LogP contribution is -2.39. The predicted molar refractivity (Wildman–Crippen MR) is 158 cm³/mol. The smallest absolute Gasteiger partial charge is 0.225 e. The molecule has 0 bridgehead atoms. The van der Waals surface area contributed by atoms with Gasteiger partial charge in [0.25, 0.3) is 0 Å². The third kappa shape index (κ3) is 14.5. The van der Waals surface area contributed by atoms with Crippen LogP contribution in [-0.4, -0.2) is 99.2 Å². The number of amides is 3. The molecule has 1 aromatic heterocycles. The second-order valence-electron chi connectivity index (χ2n) is 10.8. The van der Waals surface area contributed by atoms with Crippen molar-refractivity contribution in [1.82, 2.24) is 20.5 Å². The van der Waals surface area contributed by atoms with Crippen LogP contribution in [-0.2, 0) is 33.4 Å². The highest BCUT2D eigenvalue weighted by atomic mass is 16.5. The number of ketones is 1. The van der Waals surface area contributed by atoms with Gasteiger partial charge in [-0.25, -0.2) is 0 Å². The van der Waals surface area contributed by atoms with E-state index in [9.17, 15) is 19.2 Å². The molecule has 1 saturated carbocycles. The molecule has 2 heterocycles. The number of hydrogen-bond donors (Lipinski definition) is 2. The van der Waals surface area contributed by atoms with Crippen LogP contribution in [0.2, 0.25) is 0 Å². The molecule has 2 fully saturated rings. The third-order valence-corrected chi connectivity index (χ3v) is 7.11. The first kappa shape index (κ1) is 34.3. The summed E-state index contributed by atoms with van der Waals surface area (Å²) in [4.78, 5) is 53.0. The molecule has 234 valence electrons. The maximum absolute atomic E-state index is 12.1. The number of carbonyl (C=O) groups is 4. The molecular formula is C30H52N4O7. The van der Waals surface area contributed by atoms with Gasteiger partial charge in [-0.2, -0.15) is 0 Å². The number of nitrogens with one attached hydrogen (secondary N) is 2. The Labute approximate surface area is 247 Å². The summed E-state index contributed by atoms with van der Waals surface area (Å²) in [6.07, 6.45) is 7.51. The molecule has 0 aromatic carbocycles. The number of hydrogen-bond acceptors (Lipinski definition) is 8. The average Bonchev–Trinajstić information content (AvgIpc) is 3.32. The maximum Gasteiger partial charge on any atom is 0.225 e. The number of pyridine rings is 1. The van der Waals surface area contributed by atoms with Crippen LogP contribution in [0.1, 0.15) is 55.2 Å². The molecule has 11 nitrogen and oxygen atoms in total. The van der Waals surface area contributed by atoms with E-state index in [1.54, 1.807) is 24.3 Å². The summed E-state index contributed by atoms with van der Waals surface area (Å²) in [7, 11) is 1.70. The van der Waals surface area contributed by atoms with Crippen molar-refractivity contribution in [2.45, 2.75) is 58.4 Å². The molecule has 2 N–H and O–H groups in total. The molecule has 1 saturated heterocycles. The van der Waals surface area contributed by atoms with E-state index in [0.29, 0.717) is 64.9 Å². The first-order valence-corrected chi connectivity index (χ1v) is 14.7. The Morgan fingerprint density at radius 3 is 2.05 bits per heavy atom. The fourth-order valence-electron chi connectivity index (χ4n) is 4.74. The zero-order valence-electron chi connectivity index (χ0n) is 24.8. The summed E-state index contributed by atoms with van der Waals surface area (Å²) in [5.74, 6) is 0.166. The second kappa shape index (κ2) is 20.1. The topological polar surface area (TPSA) is 136 Å². The quantitative estimate of drug-likeness (QED) is 0.285. The molecule has 0 radical (unpaired) electrons. The highest BCUT2D eigenvalue weighted by Crippen LogP contribution is 2.27. The minimum Gasteiger partial charge on any atom is -0.379 e. The van der Waals surface area contributed by atoms with Crippen molar-refractivity contribution in [2.75, 3.05) is 59.8 Å². The Kier molecular flexibility index (Phi) is 16.8. The Balaban J connectivity index is 0.00000196. The van der Waals surface area contributed by atoms with Crippen LogP contribution in [0.4, 0.5) is 0 Å². The minimum absolute atomic E-state index is 0. The number of Topliss-reactive ketones (excluding diaryl/α,β-unsaturated/α-hetero) is 1. The van der Waals surface area contributed by atoms with Crippen LogP contribution >= 0.6 is 0 Å². The standard InChI is InChI=1S/C25H43N3O7.C5H5N.2H2/c1-18(2)24(31)19-4-6-21(7-5-19)27-22(29)8-10-33-12-14-35-15-13-34-11-9-26-25(32)20-16-23(30)28(3)17-20;1-2-4-6-5-3-1;;/h18-21H,4-17H2,1-3H3,(H,26,32)(H,27,29);1-5H;2*1H/t19?,20-,21?;;;/m0.../s1. The van der Waals surface area contributed by atoms with Crippen molar-refractivity contribution < 1.29 is 36.2 Å². The van der Waals surface area contributed by atoms with Gasteiger partial charge < -0.3 is 29.7 Å². The first-order chi connectivity index (χ1) is 19.8. The van der Waals surface area contributed by atoms with Crippen molar-refractivity contribution in [2.24, 2.45) is 17.8 Å². The van der Waals surface area contributed by atoms with Crippen LogP contribution < -0.4 is 10.6 Å². The molecule has 1 aromatic rings. The lowest BCUT2D eigenvalue weighted by molar-refractivity contribution is -0.128. The molecule has 0 spiro atoms. The lowest BCUT2D eigenvalue weighted by atomic mass is 9.80. The fourth-order valence-corrected chi connectivity index (χ4v) is 4.74. The first-order valence-electron chi connectivity index (χ1n) is 14.7. The van der Waals surface area contributed by atoms with Gasteiger partial charge in [0.15, 0.2) is 0 Å². The monoisotopic (exact) mass is 580 g/mol. The van der Waals surface area contributed by atoms with E-state index in [4.69, 9.17) is 14.2 Å². The van der Waals surface area contributed by atoms with Gasteiger partial charge in [0, 0.05) is 66.1 Å². The van der Waals surface area contributed by atoms with E-state index in [1.165, 1.54) is 0 Å². The van der Waals surface area contributed by atoms with Crippen LogP contribution in [0.5, 0.6) is 0 Å². The molecule has 2 aliphatic rings. The molecule has 3 amide bonds. The van der Waals surface area contributed by atoms with Crippen molar-refractivity contribution in [1.29, 1.82) is 0 Å². The molecule has 11 heteroatoms. The van der Waals surface area contributed by atoms with Crippen LogP contribution in [0, 0.1) is 17.8 Å². The second-order valence-corrected chi connectivity index (χ2v) is 10.8. The summed E-state index contributed by atoms with van der Waals surface area (Å²) < 4.78 is 16.3. The highest BCUT2D eigenvalue weighted by Gasteiger charge is 2.31. The van der Waals surface area contributed by atoms with Gasteiger partial charge in [0.05, 0.1) is 45.6 Å². The fraction of sp³-hybridized carbons (Fsp3) is 0.700. The van der Waals surface area contributed by atoms with Crippen molar-refractivity contribution in [3.05, 3.63) is 30.6 Å². The van der Waals surface area contributed by atoms with Gasteiger partial charge in [-0.3, -0.25) is 24.2 Å². The van der Waals surface area contributed by atoms with E-state index in [1.807, 2.05) is 32.0 Å². The molecule has 0 unspecified atom stereocenters. The van der Waals surface area contributed by atoms with Gasteiger partial charge in [-0.15, -0.1) is 0 Å². The van der Waals surface area contributed by atoms with Gasteiger partial charge in [-0.1, -0.05) is 19.9 Å². The lowest BCUT2D eigenvalue weighted by Gasteiger charge is -2.29. The van der Waals surface area contributed by atoms with Gasteiger partial charge in [0.2, 0.25) is 17.7 Å². The van der Waals surface area contributed by atoms with E-state index >= 15 is 0 Å².